The molecule has 0 radical (unpaired) electrons. The van der Waals surface area contributed by atoms with Crippen molar-refractivity contribution in [2.45, 2.75) is 20.3 Å². The van der Waals surface area contributed by atoms with E-state index >= 15 is 0 Å². The maximum absolute atomic E-state index is 14.3. The highest BCUT2D eigenvalue weighted by Gasteiger charge is 2.14. The predicted molar refractivity (Wildman–Crippen MR) is 165 cm³/mol. The van der Waals surface area contributed by atoms with Gasteiger partial charge in [0.25, 0.3) is 0 Å². The maximum atomic E-state index is 14.3. The standard InChI is InChI=1S/C17H15FN2.C9H8FN3.C7H6O.CH4/c18-16-15(12-11-13-7-3-1-4-8-13)19-20-17(16)14-9-5-2-6-10-14;10-7-8(12-13-9(7)11)6-4-2-1-3-5-6;8-6-7-4-2-1-3-5-7;/h1-10H,11-12H2,(H,19,20);1-5H,(H3,11,12,13);1-6H;1H4. The molecule has 0 fully saturated rings. The summed E-state index contributed by atoms with van der Waals surface area (Å²) in [6, 6.07) is 37.6. The number of benzene rings is 4. The summed E-state index contributed by atoms with van der Waals surface area (Å²) in [6.45, 7) is 0. The molecule has 0 spiro atoms. The van der Waals surface area contributed by atoms with Crippen LogP contribution in [0.25, 0.3) is 22.5 Å². The second-order valence-electron chi connectivity index (χ2n) is 8.91. The third-order valence-electron chi connectivity index (χ3n) is 6.06. The minimum absolute atomic E-state index is 0. The Kier molecular flexibility index (Phi) is 11.9. The monoisotopic (exact) mass is 565 g/mol. The Balaban J connectivity index is 0.000000189. The van der Waals surface area contributed by atoms with Crippen molar-refractivity contribution in [2.75, 3.05) is 5.73 Å². The van der Waals surface area contributed by atoms with Crippen molar-refractivity contribution in [1.82, 2.24) is 20.4 Å². The molecule has 4 aromatic carbocycles. The SMILES string of the molecule is C.Fc1c(-c2ccccc2)n[nH]c1CCc1ccccc1.Nc1n[nH]c(-c2ccccc2)c1F.O=Cc1ccccc1. The number of nitrogens with one attached hydrogen (secondary N) is 2. The highest BCUT2D eigenvalue weighted by atomic mass is 19.1. The third kappa shape index (κ3) is 8.56. The fourth-order valence-electron chi connectivity index (χ4n) is 3.90. The molecule has 0 saturated carbocycles. The molecule has 2 aromatic heterocycles. The number of carbonyl (C=O) groups is 1. The molecular weight excluding hydrogens is 532 g/mol. The smallest absolute Gasteiger partial charge is 0.192 e. The van der Waals surface area contributed by atoms with Gasteiger partial charge in [0.2, 0.25) is 0 Å². The number of nitrogens with zero attached hydrogens (tertiary/aromatic N) is 2. The predicted octanol–water partition coefficient (Wildman–Crippen LogP) is 7.93. The van der Waals surface area contributed by atoms with Crippen LogP contribution in [-0.2, 0) is 12.8 Å². The highest BCUT2D eigenvalue weighted by molar-refractivity contribution is 5.74. The van der Waals surface area contributed by atoms with Gasteiger partial charge >= 0.3 is 0 Å². The van der Waals surface area contributed by atoms with Gasteiger partial charge in [-0.1, -0.05) is 129 Å². The second-order valence-corrected chi connectivity index (χ2v) is 8.91. The fourth-order valence-corrected chi connectivity index (χ4v) is 3.90. The Hall–Kier alpha value is -5.37. The molecule has 4 N–H and O–H groups in total. The highest BCUT2D eigenvalue weighted by Crippen LogP contribution is 2.23. The van der Waals surface area contributed by atoms with E-state index in [1.807, 2.05) is 97.1 Å². The van der Waals surface area contributed by atoms with Gasteiger partial charge in [-0.3, -0.25) is 15.0 Å². The van der Waals surface area contributed by atoms with E-state index in [-0.39, 0.29) is 19.1 Å². The van der Waals surface area contributed by atoms with Crippen LogP contribution in [0.4, 0.5) is 14.6 Å². The van der Waals surface area contributed by atoms with E-state index in [0.29, 0.717) is 23.5 Å². The van der Waals surface area contributed by atoms with E-state index in [2.05, 4.69) is 20.4 Å². The van der Waals surface area contributed by atoms with E-state index in [9.17, 15) is 13.6 Å². The van der Waals surface area contributed by atoms with Gasteiger partial charge in [-0.05, 0) is 18.4 Å². The molecule has 6 aromatic rings. The molecule has 2 heterocycles. The minimum atomic E-state index is -0.494. The maximum Gasteiger partial charge on any atom is 0.192 e. The van der Waals surface area contributed by atoms with Gasteiger partial charge in [0, 0.05) is 16.7 Å². The molecule has 0 bridgehead atoms. The van der Waals surface area contributed by atoms with Crippen molar-refractivity contribution in [2.24, 2.45) is 0 Å². The summed E-state index contributed by atoms with van der Waals surface area (Å²) in [5.41, 5.74) is 10.0. The summed E-state index contributed by atoms with van der Waals surface area (Å²) in [5, 5.41) is 13.0. The van der Waals surface area contributed by atoms with Crippen LogP contribution in [0.2, 0.25) is 0 Å². The number of nitrogens with two attached hydrogens (primary N) is 1. The zero-order chi connectivity index (χ0) is 28.9. The molecule has 0 saturated heterocycles. The molecular formula is C34H33F2N5O. The molecule has 42 heavy (non-hydrogen) atoms. The first kappa shape index (κ1) is 31.2. The normalized spacial score (nSPS) is 9.86. The van der Waals surface area contributed by atoms with Crippen molar-refractivity contribution in [3.8, 4) is 22.5 Å². The van der Waals surface area contributed by atoms with Crippen LogP contribution < -0.4 is 5.73 Å². The van der Waals surface area contributed by atoms with Crippen LogP contribution in [-0.4, -0.2) is 26.7 Å². The van der Waals surface area contributed by atoms with Crippen LogP contribution in [0.5, 0.6) is 0 Å². The van der Waals surface area contributed by atoms with Gasteiger partial charge in [0.15, 0.2) is 17.5 Å². The summed E-state index contributed by atoms with van der Waals surface area (Å²) in [4.78, 5) is 10.0. The van der Waals surface area contributed by atoms with E-state index in [1.165, 1.54) is 5.56 Å². The number of carbonyl (C=O) groups excluding carboxylic acids is 1. The summed E-state index contributed by atoms with van der Waals surface area (Å²) in [7, 11) is 0. The molecule has 8 heteroatoms. The Morgan fingerprint density at radius 2 is 1.17 bits per heavy atom. The van der Waals surface area contributed by atoms with Gasteiger partial charge in [0.05, 0.1) is 5.69 Å². The molecule has 0 aliphatic carbocycles. The molecule has 6 nitrogen and oxygen atoms in total. The van der Waals surface area contributed by atoms with Crippen molar-refractivity contribution in [3.63, 3.8) is 0 Å². The van der Waals surface area contributed by atoms with Crippen molar-refractivity contribution in [1.29, 1.82) is 0 Å². The van der Waals surface area contributed by atoms with Crippen LogP contribution in [0.3, 0.4) is 0 Å². The molecule has 0 unspecified atom stereocenters. The molecule has 0 amide bonds. The quantitative estimate of drug-likeness (QED) is 0.179. The molecule has 0 aliphatic rings. The number of anilines is 1. The largest absolute Gasteiger partial charge is 0.380 e. The fraction of sp³-hybridized carbons (Fsp3) is 0.0882. The number of aromatic nitrogens is 4. The Labute approximate surface area is 244 Å². The lowest BCUT2D eigenvalue weighted by atomic mass is 10.1. The van der Waals surface area contributed by atoms with Crippen LogP contribution in [0.1, 0.15) is 29.0 Å². The lowest BCUT2D eigenvalue weighted by Gasteiger charge is -2.00. The summed E-state index contributed by atoms with van der Waals surface area (Å²) in [5.74, 6) is -0.836. The first-order valence-corrected chi connectivity index (χ1v) is 12.9. The third-order valence-corrected chi connectivity index (χ3v) is 6.06. The molecule has 0 atom stereocenters. The van der Waals surface area contributed by atoms with Gasteiger partial charge < -0.3 is 5.73 Å². The van der Waals surface area contributed by atoms with Crippen molar-refractivity contribution >= 4 is 12.1 Å². The zero-order valence-corrected chi connectivity index (χ0v) is 22.2. The van der Waals surface area contributed by atoms with Crippen molar-refractivity contribution < 1.29 is 13.6 Å². The van der Waals surface area contributed by atoms with Crippen LogP contribution in [0.15, 0.2) is 121 Å². The molecule has 214 valence electrons. The lowest BCUT2D eigenvalue weighted by molar-refractivity contribution is 0.112. The summed E-state index contributed by atoms with van der Waals surface area (Å²) < 4.78 is 27.6. The number of halogens is 2. The van der Waals surface area contributed by atoms with Gasteiger partial charge in [-0.15, -0.1) is 0 Å². The number of hydrogen-bond acceptors (Lipinski definition) is 4. The van der Waals surface area contributed by atoms with E-state index in [0.717, 1.165) is 29.4 Å². The van der Waals surface area contributed by atoms with E-state index in [1.54, 1.807) is 24.3 Å². The topological polar surface area (TPSA) is 100 Å². The lowest BCUT2D eigenvalue weighted by Crippen LogP contribution is -1.94. The van der Waals surface area contributed by atoms with Gasteiger partial charge in [-0.2, -0.15) is 10.2 Å². The number of aromatic amines is 2. The minimum Gasteiger partial charge on any atom is -0.380 e. The van der Waals surface area contributed by atoms with E-state index < -0.39 is 5.82 Å². The van der Waals surface area contributed by atoms with Crippen LogP contribution >= 0.6 is 0 Å². The molecule has 6 rings (SSSR count). The average molecular weight is 566 g/mol. The number of rotatable bonds is 6. The second kappa shape index (κ2) is 16.0. The number of aryl methyl sites for hydroxylation is 2. The summed E-state index contributed by atoms with van der Waals surface area (Å²) >= 11 is 0. The van der Waals surface area contributed by atoms with E-state index in [4.69, 9.17) is 5.73 Å². The first-order chi connectivity index (χ1) is 20.1. The number of hydrogen-bond donors (Lipinski definition) is 3. The van der Waals surface area contributed by atoms with Gasteiger partial charge in [0.1, 0.15) is 17.7 Å². The molecule has 0 aliphatic heterocycles. The number of H-pyrrole nitrogens is 2. The summed E-state index contributed by atoms with van der Waals surface area (Å²) in [6.07, 6.45) is 2.25. The van der Waals surface area contributed by atoms with Crippen LogP contribution in [0, 0.1) is 11.6 Å². The average Bonchev–Trinajstić information content (AvgIpc) is 3.58. The first-order valence-electron chi connectivity index (χ1n) is 12.9. The Morgan fingerprint density at radius 3 is 1.67 bits per heavy atom. The number of aldehydes is 1. The number of nitrogen functional groups attached to an aromatic ring is 1. The Morgan fingerprint density at radius 1 is 0.643 bits per heavy atom. The zero-order valence-electron chi connectivity index (χ0n) is 22.2. The Bertz CT molecular complexity index is 1620. The van der Waals surface area contributed by atoms with Crippen molar-refractivity contribution in [3.05, 3.63) is 150 Å². The van der Waals surface area contributed by atoms with Gasteiger partial charge in [-0.25, -0.2) is 8.78 Å².